The third-order valence-electron chi connectivity index (χ3n) is 5.94. The van der Waals surface area contributed by atoms with Gasteiger partial charge in [-0.3, -0.25) is 9.59 Å². The van der Waals surface area contributed by atoms with Gasteiger partial charge < -0.3 is 15.2 Å². The average Bonchev–Trinajstić information content (AvgIpc) is 2.86. The molecular formula is C27H29F2N3O4. The number of anilines is 1. The first kappa shape index (κ1) is 26.7. The lowest BCUT2D eigenvalue weighted by Gasteiger charge is -2.25. The van der Waals surface area contributed by atoms with Crippen LogP contribution < -0.4 is 10.1 Å². The number of carbonyl (C=O) groups is 2. The van der Waals surface area contributed by atoms with Gasteiger partial charge in [-0.25, -0.2) is 8.78 Å². The Morgan fingerprint density at radius 1 is 1.03 bits per heavy atom. The van der Waals surface area contributed by atoms with E-state index in [2.05, 4.69) is 29.4 Å². The first-order valence-electron chi connectivity index (χ1n) is 11.8. The molecule has 0 bridgehead atoms. The summed E-state index contributed by atoms with van der Waals surface area (Å²) in [6, 6.07) is 13.4. The molecule has 3 aromatic rings. The normalized spacial score (nSPS) is 12.6. The summed E-state index contributed by atoms with van der Waals surface area (Å²) in [5.74, 6) is -1.85. The highest BCUT2D eigenvalue weighted by Gasteiger charge is 2.18. The number of aromatic nitrogens is 2. The summed E-state index contributed by atoms with van der Waals surface area (Å²) < 4.78 is 33.0. The number of aliphatic carboxylic acids is 1. The van der Waals surface area contributed by atoms with Gasteiger partial charge in [0.25, 0.3) is 0 Å². The Labute approximate surface area is 208 Å². The minimum atomic E-state index is -0.913. The topological polar surface area (TPSA) is 101 Å². The molecule has 2 N–H and O–H groups in total. The van der Waals surface area contributed by atoms with E-state index in [4.69, 9.17) is 9.84 Å². The number of hydrogen-bond acceptors (Lipinski definition) is 6. The average molecular weight is 498 g/mol. The number of Topliss-reactive ketones (excluding diaryl/α,β-unsaturated/α-hetero) is 1. The van der Waals surface area contributed by atoms with E-state index in [1.807, 2.05) is 12.1 Å². The van der Waals surface area contributed by atoms with E-state index >= 15 is 0 Å². The van der Waals surface area contributed by atoms with Crippen LogP contribution in [0.3, 0.4) is 0 Å². The minimum Gasteiger partial charge on any atom is -0.481 e. The zero-order valence-corrected chi connectivity index (χ0v) is 20.2. The third-order valence-corrected chi connectivity index (χ3v) is 5.94. The van der Waals surface area contributed by atoms with Gasteiger partial charge in [0, 0.05) is 41.8 Å². The summed E-state index contributed by atoms with van der Waals surface area (Å²) >= 11 is 0. The molecule has 7 nitrogen and oxygen atoms in total. The van der Waals surface area contributed by atoms with E-state index in [1.165, 1.54) is 6.07 Å². The van der Waals surface area contributed by atoms with Crippen molar-refractivity contribution in [2.24, 2.45) is 5.92 Å². The molecule has 0 saturated carbocycles. The molecule has 0 saturated heterocycles. The molecule has 0 fully saturated rings. The number of carboxylic acids is 1. The van der Waals surface area contributed by atoms with Crippen molar-refractivity contribution in [2.45, 2.75) is 45.6 Å². The van der Waals surface area contributed by atoms with Crippen LogP contribution >= 0.6 is 0 Å². The van der Waals surface area contributed by atoms with Crippen LogP contribution in [0.5, 0.6) is 5.88 Å². The number of carboxylic acid groups (broad SMARTS) is 1. The van der Waals surface area contributed by atoms with Crippen molar-refractivity contribution in [2.75, 3.05) is 11.9 Å². The van der Waals surface area contributed by atoms with Crippen LogP contribution in [0.2, 0.25) is 0 Å². The van der Waals surface area contributed by atoms with Gasteiger partial charge in [0.15, 0.2) is 5.78 Å². The molecule has 2 atom stereocenters. The molecule has 1 aromatic heterocycles. The predicted octanol–water partition coefficient (Wildman–Crippen LogP) is 5.77. The molecule has 0 aliphatic carbocycles. The quantitative estimate of drug-likeness (QED) is 0.289. The molecule has 0 radical (unpaired) electrons. The van der Waals surface area contributed by atoms with E-state index in [1.54, 1.807) is 24.3 Å². The molecule has 190 valence electrons. The Kier molecular flexibility index (Phi) is 9.44. The summed E-state index contributed by atoms with van der Waals surface area (Å²) in [7, 11) is 0. The fourth-order valence-electron chi connectivity index (χ4n) is 3.56. The van der Waals surface area contributed by atoms with Crippen LogP contribution in [0.15, 0.2) is 54.6 Å². The summed E-state index contributed by atoms with van der Waals surface area (Å²) in [6.45, 7) is 4.46. The number of rotatable bonds is 13. The number of nitrogens with zero attached hydrogens (tertiary/aromatic N) is 2. The van der Waals surface area contributed by atoms with E-state index in [0.717, 1.165) is 24.2 Å². The van der Waals surface area contributed by atoms with Crippen LogP contribution in [0.25, 0.3) is 11.3 Å². The number of ketones is 1. The van der Waals surface area contributed by atoms with Gasteiger partial charge in [0.05, 0.1) is 11.7 Å². The predicted molar refractivity (Wildman–Crippen MR) is 132 cm³/mol. The SMILES string of the molecule is CC[C@H](C)[C@@H](COc1ccc(-c2ccc(F)cc2F)nn1)Nc1ccc(C(=O)CCCC(=O)O)cc1. The number of benzene rings is 2. The van der Waals surface area contributed by atoms with Crippen molar-refractivity contribution >= 4 is 17.4 Å². The fraction of sp³-hybridized carbons (Fsp3) is 0.333. The molecule has 3 rings (SSSR count). The second-order valence-corrected chi connectivity index (χ2v) is 8.58. The van der Waals surface area contributed by atoms with Crippen molar-refractivity contribution in [3.63, 3.8) is 0 Å². The van der Waals surface area contributed by atoms with Gasteiger partial charge in [0.1, 0.15) is 18.2 Å². The maximum absolute atomic E-state index is 14.0. The number of carbonyl (C=O) groups excluding carboxylic acids is 1. The van der Waals surface area contributed by atoms with E-state index in [0.29, 0.717) is 18.6 Å². The smallest absolute Gasteiger partial charge is 0.303 e. The lowest BCUT2D eigenvalue weighted by molar-refractivity contribution is -0.137. The first-order chi connectivity index (χ1) is 17.3. The van der Waals surface area contributed by atoms with Gasteiger partial charge >= 0.3 is 5.97 Å². The van der Waals surface area contributed by atoms with Crippen molar-refractivity contribution in [1.29, 1.82) is 0 Å². The van der Waals surface area contributed by atoms with Crippen LogP contribution in [0.1, 0.15) is 49.9 Å². The third kappa shape index (κ3) is 7.56. The van der Waals surface area contributed by atoms with Crippen LogP contribution in [0, 0.1) is 17.6 Å². The largest absolute Gasteiger partial charge is 0.481 e. The van der Waals surface area contributed by atoms with Crippen molar-refractivity contribution < 1.29 is 28.2 Å². The van der Waals surface area contributed by atoms with E-state index < -0.39 is 17.6 Å². The Morgan fingerprint density at radius 2 is 1.78 bits per heavy atom. The van der Waals surface area contributed by atoms with Crippen LogP contribution in [0.4, 0.5) is 14.5 Å². The van der Waals surface area contributed by atoms with E-state index in [-0.39, 0.29) is 47.7 Å². The first-order valence-corrected chi connectivity index (χ1v) is 11.8. The molecule has 0 unspecified atom stereocenters. The zero-order valence-electron chi connectivity index (χ0n) is 20.2. The van der Waals surface area contributed by atoms with Crippen molar-refractivity contribution in [3.8, 4) is 17.1 Å². The van der Waals surface area contributed by atoms with Gasteiger partial charge in [0.2, 0.25) is 5.88 Å². The molecular weight excluding hydrogens is 468 g/mol. The second-order valence-electron chi connectivity index (χ2n) is 8.58. The number of ether oxygens (including phenoxy) is 1. The lowest BCUT2D eigenvalue weighted by Crippen LogP contribution is -2.33. The van der Waals surface area contributed by atoms with Gasteiger partial charge in [-0.2, -0.15) is 0 Å². The molecule has 9 heteroatoms. The Bertz CT molecular complexity index is 1170. The highest BCUT2D eigenvalue weighted by Crippen LogP contribution is 2.23. The van der Waals surface area contributed by atoms with Crippen molar-refractivity contribution in [3.05, 3.63) is 71.8 Å². The van der Waals surface area contributed by atoms with Crippen LogP contribution in [-0.2, 0) is 4.79 Å². The standard InChI is InChI=1S/C27H29F2N3O4/c1-3-17(2)24(30-20-10-7-18(8-11-20)25(33)5-4-6-27(34)35)16-36-26-14-13-23(31-32-26)21-12-9-19(28)15-22(21)29/h7-15,17,24,30H,3-6,16H2,1-2H3,(H,34,35)/t17-,24+/m0/s1. The van der Waals surface area contributed by atoms with Crippen LogP contribution in [-0.4, -0.2) is 39.7 Å². The number of halogens is 2. The summed E-state index contributed by atoms with van der Waals surface area (Å²) in [5.41, 5.74) is 1.78. The van der Waals surface area contributed by atoms with Gasteiger partial charge in [-0.1, -0.05) is 20.3 Å². The number of hydrogen-bond donors (Lipinski definition) is 2. The Hall–Kier alpha value is -3.88. The molecule has 0 aliphatic heterocycles. The highest BCUT2D eigenvalue weighted by atomic mass is 19.1. The zero-order chi connectivity index (χ0) is 26.1. The summed E-state index contributed by atoms with van der Waals surface area (Å²) in [6.07, 6.45) is 1.37. The fourth-order valence-corrected chi connectivity index (χ4v) is 3.56. The maximum Gasteiger partial charge on any atom is 0.303 e. The highest BCUT2D eigenvalue weighted by molar-refractivity contribution is 5.96. The Morgan fingerprint density at radius 3 is 2.39 bits per heavy atom. The minimum absolute atomic E-state index is 0.0296. The van der Waals surface area contributed by atoms with Gasteiger partial charge in [-0.05, 0) is 54.8 Å². The molecule has 0 amide bonds. The van der Waals surface area contributed by atoms with Gasteiger partial charge in [-0.15, -0.1) is 10.2 Å². The summed E-state index contributed by atoms with van der Waals surface area (Å²) in [5, 5.41) is 20.2. The molecule has 1 heterocycles. The summed E-state index contributed by atoms with van der Waals surface area (Å²) in [4.78, 5) is 22.9. The molecule has 0 aliphatic rings. The molecule has 0 spiro atoms. The molecule has 2 aromatic carbocycles. The molecule has 36 heavy (non-hydrogen) atoms. The second kappa shape index (κ2) is 12.7. The Balaban J connectivity index is 1.60. The lowest BCUT2D eigenvalue weighted by atomic mass is 9.99. The maximum atomic E-state index is 14.0. The van der Waals surface area contributed by atoms with Crippen molar-refractivity contribution in [1.82, 2.24) is 10.2 Å². The monoisotopic (exact) mass is 497 g/mol. The van der Waals surface area contributed by atoms with E-state index in [9.17, 15) is 18.4 Å². The number of nitrogens with one attached hydrogen (secondary N) is 1.